The van der Waals surface area contributed by atoms with Crippen LogP contribution in [0, 0.1) is 0 Å². The van der Waals surface area contributed by atoms with Crippen molar-refractivity contribution in [1.82, 2.24) is 10.6 Å². The minimum absolute atomic E-state index is 0.0241. The van der Waals surface area contributed by atoms with Crippen molar-refractivity contribution in [3.8, 4) is 0 Å². The number of carbonyl (C=O) groups is 3. The molecule has 5 nitrogen and oxygen atoms in total. The van der Waals surface area contributed by atoms with Gasteiger partial charge in [0.25, 0.3) is 0 Å². The van der Waals surface area contributed by atoms with Crippen molar-refractivity contribution in [3.63, 3.8) is 0 Å². The molecule has 0 heterocycles. The molecule has 2 amide bonds. The Balaban J connectivity index is 5.04. The molecular formula is C16H28N2O3S. The standard InChI is InChI=1S/C16H28N2O3S/c1-7-13(17-11(5)19)9-14(18-12(6)20)15(8-2)22-16(21)10(3)4/h13-15H,3,7-9H2,1-2,4-6H3,(H,17,19)(H,18,20). The van der Waals surface area contributed by atoms with Crippen LogP contribution in [0.2, 0.25) is 0 Å². The van der Waals surface area contributed by atoms with Crippen molar-refractivity contribution in [3.05, 3.63) is 12.2 Å². The molecule has 0 aliphatic heterocycles. The van der Waals surface area contributed by atoms with Gasteiger partial charge in [-0.2, -0.15) is 0 Å². The summed E-state index contributed by atoms with van der Waals surface area (Å²) in [5, 5.41) is 5.70. The highest BCUT2D eigenvalue weighted by Gasteiger charge is 2.27. The highest BCUT2D eigenvalue weighted by Crippen LogP contribution is 2.25. The zero-order valence-corrected chi connectivity index (χ0v) is 15.0. The lowest BCUT2D eigenvalue weighted by molar-refractivity contribution is -0.119. The van der Waals surface area contributed by atoms with Crippen LogP contribution in [0.25, 0.3) is 0 Å². The Hall–Kier alpha value is -1.30. The summed E-state index contributed by atoms with van der Waals surface area (Å²) in [5.41, 5.74) is 0.499. The zero-order valence-electron chi connectivity index (χ0n) is 14.2. The topological polar surface area (TPSA) is 75.3 Å². The number of hydrogen-bond acceptors (Lipinski definition) is 4. The highest BCUT2D eigenvalue weighted by molar-refractivity contribution is 8.14. The van der Waals surface area contributed by atoms with Crippen LogP contribution in [0.3, 0.4) is 0 Å². The Bertz CT molecular complexity index is 424. The number of amides is 2. The first-order valence-electron chi connectivity index (χ1n) is 7.61. The molecule has 0 aliphatic rings. The maximum atomic E-state index is 11.9. The third kappa shape index (κ3) is 8.22. The van der Waals surface area contributed by atoms with Crippen LogP contribution in [0.5, 0.6) is 0 Å². The van der Waals surface area contributed by atoms with Crippen LogP contribution in [0.1, 0.15) is 53.9 Å². The molecule has 0 rings (SSSR count). The van der Waals surface area contributed by atoms with Gasteiger partial charge in [-0.1, -0.05) is 32.2 Å². The lowest BCUT2D eigenvalue weighted by Crippen LogP contribution is -2.46. The number of hydrogen-bond donors (Lipinski definition) is 2. The van der Waals surface area contributed by atoms with Gasteiger partial charge in [0.1, 0.15) is 0 Å². The molecule has 0 aromatic carbocycles. The quantitative estimate of drug-likeness (QED) is 0.637. The van der Waals surface area contributed by atoms with Crippen molar-refractivity contribution in [2.24, 2.45) is 0 Å². The van der Waals surface area contributed by atoms with E-state index < -0.39 is 0 Å². The Kier molecular flexibility index (Phi) is 9.81. The Morgan fingerprint density at radius 2 is 1.55 bits per heavy atom. The molecule has 0 saturated carbocycles. The molecular weight excluding hydrogens is 300 g/mol. The van der Waals surface area contributed by atoms with Gasteiger partial charge in [0.15, 0.2) is 0 Å². The van der Waals surface area contributed by atoms with Gasteiger partial charge in [-0.05, 0) is 31.8 Å². The summed E-state index contributed by atoms with van der Waals surface area (Å²) < 4.78 is 0. The molecule has 6 heteroatoms. The van der Waals surface area contributed by atoms with Crippen molar-refractivity contribution < 1.29 is 14.4 Å². The number of carbonyl (C=O) groups excluding carboxylic acids is 3. The van der Waals surface area contributed by atoms with Crippen molar-refractivity contribution >= 4 is 28.7 Å². The van der Waals surface area contributed by atoms with Crippen LogP contribution in [-0.4, -0.2) is 34.3 Å². The molecule has 0 spiro atoms. The predicted octanol–water partition coefficient (Wildman–Crippen LogP) is 2.41. The maximum absolute atomic E-state index is 11.9. The fourth-order valence-electron chi connectivity index (χ4n) is 2.17. The van der Waals surface area contributed by atoms with E-state index in [1.807, 2.05) is 13.8 Å². The predicted molar refractivity (Wildman–Crippen MR) is 91.6 cm³/mol. The van der Waals surface area contributed by atoms with E-state index in [1.165, 1.54) is 25.6 Å². The van der Waals surface area contributed by atoms with Gasteiger partial charge in [-0.3, -0.25) is 14.4 Å². The molecule has 0 saturated heterocycles. The monoisotopic (exact) mass is 328 g/mol. The molecule has 22 heavy (non-hydrogen) atoms. The Labute approximate surface area is 137 Å². The average molecular weight is 328 g/mol. The molecule has 0 radical (unpaired) electrons. The first kappa shape index (κ1) is 20.7. The fraction of sp³-hybridized carbons (Fsp3) is 0.688. The largest absolute Gasteiger partial charge is 0.354 e. The van der Waals surface area contributed by atoms with Crippen LogP contribution in [0.15, 0.2) is 12.2 Å². The van der Waals surface area contributed by atoms with Gasteiger partial charge in [-0.25, -0.2) is 0 Å². The minimum Gasteiger partial charge on any atom is -0.354 e. The minimum atomic E-state index is -0.174. The first-order chi connectivity index (χ1) is 10.2. The van der Waals surface area contributed by atoms with E-state index in [9.17, 15) is 14.4 Å². The summed E-state index contributed by atoms with van der Waals surface area (Å²) in [6.45, 7) is 12.3. The van der Waals surface area contributed by atoms with Gasteiger partial charge in [0.05, 0.1) is 0 Å². The van der Waals surface area contributed by atoms with E-state index in [4.69, 9.17) is 0 Å². The van der Waals surface area contributed by atoms with Gasteiger partial charge in [-0.15, -0.1) is 0 Å². The number of thioether (sulfide) groups is 1. The Morgan fingerprint density at radius 3 is 1.91 bits per heavy atom. The second kappa shape index (κ2) is 10.4. The molecule has 0 aliphatic carbocycles. The SMILES string of the molecule is C=C(C)C(=O)SC(CC)C(CC(CC)NC(C)=O)NC(C)=O. The maximum Gasteiger partial charge on any atom is 0.217 e. The van der Waals surface area contributed by atoms with E-state index in [1.54, 1.807) is 6.92 Å². The van der Waals surface area contributed by atoms with Gasteiger partial charge in [0, 0.05) is 31.2 Å². The van der Waals surface area contributed by atoms with Crippen molar-refractivity contribution in [2.45, 2.75) is 71.2 Å². The third-order valence-electron chi connectivity index (χ3n) is 3.29. The Morgan fingerprint density at radius 1 is 1.00 bits per heavy atom. The average Bonchev–Trinajstić information content (AvgIpc) is 2.41. The summed E-state index contributed by atoms with van der Waals surface area (Å²) in [6.07, 6.45) is 2.11. The van der Waals surface area contributed by atoms with Crippen LogP contribution in [0.4, 0.5) is 0 Å². The molecule has 2 N–H and O–H groups in total. The smallest absolute Gasteiger partial charge is 0.217 e. The third-order valence-corrected chi connectivity index (χ3v) is 4.81. The van der Waals surface area contributed by atoms with Gasteiger partial charge >= 0.3 is 0 Å². The zero-order chi connectivity index (χ0) is 17.3. The molecule has 0 aromatic heterocycles. The van der Waals surface area contributed by atoms with Gasteiger partial charge < -0.3 is 10.6 Å². The lowest BCUT2D eigenvalue weighted by atomic mass is 10.00. The molecule has 0 aromatic rings. The number of rotatable bonds is 9. The normalized spacial score (nSPS) is 14.6. The van der Waals surface area contributed by atoms with Crippen LogP contribution < -0.4 is 10.6 Å². The summed E-state index contributed by atoms with van der Waals surface area (Å²) in [4.78, 5) is 34.6. The highest BCUT2D eigenvalue weighted by atomic mass is 32.2. The molecule has 3 unspecified atom stereocenters. The van der Waals surface area contributed by atoms with Crippen molar-refractivity contribution in [1.29, 1.82) is 0 Å². The second-order valence-corrected chi connectivity index (χ2v) is 6.69. The molecule has 126 valence electrons. The van der Waals surface area contributed by atoms with Crippen LogP contribution in [-0.2, 0) is 14.4 Å². The van der Waals surface area contributed by atoms with Crippen molar-refractivity contribution in [2.75, 3.05) is 0 Å². The van der Waals surface area contributed by atoms with E-state index in [0.29, 0.717) is 12.0 Å². The van der Waals surface area contributed by atoms with E-state index in [2.05, 4.69) is 17.2 Å². The molecule has 3 atom stereocenters. The fourth-order valence-corrected chi connectivity index (χ4v) is 3.16. The molecule has 0 fully saturated rings. The van der Waals surface area contributed by atoms with E-state index in [-0.39, 0.29) is 34.3 Å². The van der Waals surface area contributed by atoms with Crippen LogP contribution >= 0.6 is 11.8 Å². The lowest BCUT2D eigenvalue weighted by Gasteiger charge is -2.29. The summed E-state index contributed by atoms with van der Waals surface area (Å²) in [7, 11) is 0. The van der Waals surface area contributed by atoms with Gasteiger partial charge in [0.2, 0.25) is 16.9 Å². The first-order valence-corrected chi connectivity index (χ1v) is 8.49. The van der Waals surface area contributed by atoms with E-state index >= 15 is 0 Å². The summed E-state index contributed by atoms with van der Waals surface area (Å²) >= 11 is 1.21. The number of nitrogens with one attached hydrogen (secondary N) is 2. The summed E-state index contributed by atoms with van der Waals surface area (Å²) in [6, 6.07) is -0.198. The second-order valence-electron chi connectivity index (χ2n) is 5.48. The summed E-state index contributed by atoms with van der Waals surface area (Å²) in [5.74, 6) is -0.225. The molecule has 0 bridgehead atoms. The van der Waals surface area contributed by atoms with E-state index in [0.717, 1.165) is 12.8 Å².